The summed E-state index contributed by atoms with van der Waals surface area (Å²) >= 11 is 0. The molecule has 3 heterocycles. The number of nitrogens with zero attached hydrogens (tertiary/aromatic N) is 2. The van der Waals surface area contributed by atoms with Gasteiger partial charge in [-0.1, -0.05) is 0 Å². The third kappa shape index (κ3) is 4.28. The first-order valence-electron chi connectivity index (χ1n) is 11.0. The zero-order valence-electron chi connectivity index (χ0n) is 19.2. The number of hydrogen-bond donors (Lipinski definition) is 2. The van der Waals surface area contributed by atoms with Gasteiger partial charge in [-0.25, -0.2) is 13.8 Å². The minimum absolute atomic E-state index is 0.0134. The fourth-order valence-electron chi connectivity index (χ4n) is 4.06. The quantitative estimate of drug-likeness (QED) is 0.373. The van der Waals surface area contributed by atoms with Gasteiger partial charge >= 0.3 is 0 Å². The maximum Gasteiger partial charge on any atom is 0.179 e. The molecular weight excluding hydrogens is 458 g/mol. The van der Waals surface area contributed by atoms with E-state index in [1.54, 1.807) is 6.07 Å². The Hall–Kier alpha value is -4.05. The number of rotatable bonds is 6. The van der Waals surface area contributed by atoms with Crippen molar-refractivity contribution in [2.24, 2.45) is 0 Å². The minimum atomic E-state index is -0.885. The molecule has 0 unspecified atom stereocenters. The van der Waals surface area contributed by atoms with Gasteiger partial charge in [-0.3, -0.25) is 0 Å². The predicted molar refractivity (Wildman–Crippen MR) is 130 cm³/mol. The van der Waals surface area contributed by atoms with Gasteiger partial charge in [0.2, 0.25) is 0 Å². The molecule has 5 rings (SSSR count). The van der Waals surface area contributed by atoms with Gasteiger partial charge in [-0.05, 0) is 30.3 Å². The third-order valence-corrected chi connectivity index (χ3v) is 5.90. The van der Waals surface area contributed by atoms with Gasteiger partial charge in [-0.2, -0.15) is 0 Å². The number of halogens is 2. The molecule has 182 valence electrons. The third-order valence-electron chi connectivity index (χ3n) is 5.90. The van der Waals surface area contributed by atoms with Crippen LogP contribution in [0.2, 0.25) is 0 Å². The number of morpholine rings is 1. The molecule has 35 heavy (non-hydrogen) atoms. The van der Waals surface area contributed by atoms with Crippen molar-refractivity contribution in [1.82, 2.24) is 4.98 Å². The molecule has 1 saturated heterocycles. The largest absolute Gasteiger partial charge is 0.494 e. The number of furan rings is 1. The van der Waals surface area contributed by atoms with Gasteiger partial charge in [0.25, 0.3) is 0 Å². The maximum absolute atomic E-state index is 14.9. The van der Waals surface area contributed by atoms with Crippen LogP contribution >= 0.6 is 0 Å². The van der Waals surface area contributed by atoms with Crippen molar-refractivity contribution < 1.29 is 27.4 Å². The van der Waals surface area contributed by atoms with Crippen LogP contribution in [0.3, 0.4) is 0 Å². The Labute approximate surface area is 200 Å². The summed E-state index contributed by atoms with van der Waals surface area (Å²) in [5.41, 5.74) is 8.54. The van der Waals surface area contributed by atoms with Crippen LogP contribution < -0.4 is 25.4 Å². The van der Waals surface area contributed by atoms with E-state index in [0.717, 1.165) is 24.8 Å². The average Bonchev–Trinajstić information content (AvgIpc) is 3.29. The van der Waals surface area contributed by atoms with E-state index in [0.29, 0.717) is 41.4 Å². The normalized spacial score (nSPS) is 13.8. The molecule has 1 aliphatic rings. The molecule has 8 nitrogen and oxygen atoms in total. The molecule has 10 heteroatoms. The predicted octanol–water partition coefficient (Wildman–Crippen LogP) is 4.95. The lowest BCUT2D eigenvalue weighted by atomic mass is 10.1. The molecule has 0 aliphatic carbocycles. The van der Waals surface area contributed by atoms with Crippen molar-refractivity contribution in [3.63, 3.8) is 0 Å². The first-order chi connectivity index (χ1) is 17.0. The Morgan fingerprint density at radius 3 is 2.37 bits per heavy atom. The van der Waals surface area contributed by atoms with Crippen LogP contribution in [-0.2, 0) is 4.74 Å². The van der Waals surface area contributed by atoms with E-state index in [4.69, 9.17) is 24.4 Å². The summed E-state index contributed by atoms with van der Waals surface area (Å²) < 4.78 is 51.0. The molecule has 2 aromatic carbocycles. The number of nitrogens with two attached hydrogens (primary N) is 1. The van der Waals surface area contributed by atoms with Gasteiger partial charge in [0, 0.05) is 30.2 Å². The van der Waals surface area contributed by atoms with E-state index in [2.05, 4.69) is 15.2 Å². The molecule has 2 aromatic heterocycles. The number of pyridine rings is 1. The second kappa shape index (κ2) is 9.30. The Kier molecular flexibility index (Phi) is 6.04. The van der Waals surface area contributed by atoms with Gasteiger partial charge in [0.05, 0.1) is 50.6 Å². The summed E-state index contributed by atoms with van der Waals surface area (Å²) in [6.07, 6.45) is 1.48. The molecule has 0 saturated carbocycles. The number of methoxy groups -OCH3 is 2. The van der Waals surface area contributed by atoms with Crippen molar-refractivity contribution in [1.29, 1.82) is 0 Å². The molecule has 4 aromatic rings. The van der Waals surface area contributed by atoms with Crippen LogP contribution in [0.15, 0.2) is 47.0 Å². The van der Waals surface area contributed by atoms with Crippen molar-refractivity contribution >= 4 is 33.8 Å². The van der Waals surface area contributed by atoms with E-state index in [1.807, 2.05) is 18.2 Å². The van der Waals surface area contributed by atoms with Crippen LogP contribution in [0.4, 0.5) is 31.7 Å². The van der Waals surface area contributed by atoms with Gasteiger partial charge < -0.3 is 34.6 Å². The Morgan fingerprint density at radius 2 is 1.71 bits per heavy atom. The van der Waals surface area contributed by atoms with E-state index < -0.39 is 11.6 Å². The molecule has 0 bridgehead atoms. The highest BCUT2D eigenvalue weighted by Gasteiger charge is 2.24. The highest BCUT2D eigenvalue weighted by atomic mass is 19.1. The number of hydrogen-bond acceptors (Lipinski definition) is 8. The lowest BCUT2D eigenvalue weighted by Gasteiger charge is -2.29. The Bertz CT molecular complexity index is 1360. The number of nitrogens with one attached hydrogen (secondary N) is 1. The van der Waals surface area contributed by atoms with Crippen molar-refractivity contribution in [2.45, 2.75) is 0 Å². The first kappa shape index (κ1) is 22.7. The lowest BCUT2D eigenvalue weighted by Crippen LogP contribution is -2.36. The zero-order valence-corrected chi connectivity index (χ0v) is 19.2. The van der Waals surface area contributed by atoms with Crippen LogP contribution in [-0.4, -0.2) is 45.5 Å². The average molecular weight is 482 g/mol. The fourth-order valence-corrected chi connectivity index (χ4v) is 4.06. The van der Waals surface area contributed by atoms with Crippen LogP contribution in [0, 0.1) is 11.6 Å². The van der Waals surface area contributed by atoms with Crippen LogP contribution in [0.1, 0.15) is 0 Å². The number of aromatic nitrogens is 1. The summed E-state index contributed by atoms with van der Waals surface area (Å²) in [6, 6.07) is 10.2. The summed E-state index contributed by atoms with van der Waals surface area (Å²) in [5.74, 6) is -1.60. The SMILES string of the molecule is COc1cc(OC)c(F)c(-c2cc3cc(Nc4ccc(N5CCOCC5)cc4N)ncc3o2)c1F. The molecule has 0 atom stereocenters. The number of nitrogen functional groups attached to an aromatic ring is 1. The highest BCUT2D eigenvalue weighted by molar-refractivity contribution is 5.86. The highest BCUT2D eigenvalue weighted by Crippen LogP contribution is 2.40. The van der Waals surface area contributed by atoms with Crippen LogP contribution in [0.25, 0.3) is 22.3 Å². The van der Waals surface area contributed by atoms with E-state index >= 15 is 0 Å². The summed E-state index contributed by atoms with van der Waals surface area (Å²) in [5, 5.41) is 3.79. The summed E-state index contributed by atoms with van der Waals surface area (Å²) in [7, 11) is 2.58. The van der Waals surface area contributed by atoms with Crippen LogP contribution in [0.5, 0.6) is 11.5 Å². The summed E-state index contributed by atoms with van der Waals surface area (Å²) in [6.45, 7) is 3.00. The van der Waals surface area contributed by atoms with Crippen molar-refractivity contribution in [3.05, 3.63) is 54.2 Å². The molecule has 0 spiro atoms. The second-order valence-electron chi connectivity index (χ2n) is 8.00. The lowest BCUT2D eigenvalue weighted by molar-refractivity contribution is 0.122. The number of ether oxygens (including phenoxy) is 3. The second-order valence-corrected chi connectivity index (χ2v) is 8.00. The molecule has 0 amide bonds. The number of anilines is 4. The molecule has 1 fully saturated rings. The minimum Gasteiger partial charge on any atom is -0.494 e. The molecule has 0 radical (unpaired) electrons. The van der Waals surface area contributed by atoms with E-state index in [9.17, 15) is 8.78 Å². The Morgan fingerprint density at radius 1 is 1.00 bits per heavy atom. The maximum atomic E-state index is 14.9. The first-order valence-corrected chi connectivity index (χ1v) is 11.0. The zero-order chi connectivity index (χ0) is 24.5. The van der Waals surface area contributed by atoms with Crippen molar-refractivity contribution in [2.75, 3.05) is 56.5 Å². The topological polar surface area (TPSA) is 95.0 Å². The smallest absolute Gasteiger partial charge is 0.179 e. The van der Waals surface area contributed by atoms with Crippen molar-refractivity contribution in [3.8, 4) is 22.8 Å². The number of benzene rings is 2. The number of fused-ring (bicyclic) bond motifs is 1. The Balaban J connectivity index is 1.44. The standard InChI is InChI=1S/C25H24F2N4O4/c1-32-19-12-20(33-2)25(27)23(24(19)26)18-9-14-10-22(29-13-21(14)35-18)30-17-4-3-15(11-16(17)28)31-5-7-34-8-6-31/h3-4,9-13H,5-8,28H2,1-2H3,(H,29,30). The van der Waals surface area contributed by atoms with E-state index in [-0.39, 0.29) is 22.8 Å². The van der Waals surface area contributed by atoms with Gasteiger partial charge in [0.1, 0.15) is 11.6 Å². The van der Waals surface area contributed by atoms with E-state index in [1.165, 1.54) is 26.5 Å². The molecule has 1 aliphatic heterocycles. The van der Waals surface area contributed by atoms with Gasteiger partial charge in [0.15, 0.2) is 28.7 Å². The fraction of sp³-hybridized carbons (Fsp3) is 0.240. The molecule has 3 N–H and O–H groups in total. The monoisotopic (exact) mass is 482 g/mol. The summed E-state index contributed by atoms with van der Waals surface area (Å²) in [4.78, 5) is 6.57. The molecular formula is C25H24F2N4O4. The van der Waals surface area contributed by atoms with Gasteiger partial charge in [-0.15, -0.1) is 0 Å².